The van der Waals surface area contributed by atoms with E-state index >= 15 is 0 Å². The predicted octanol–water partition coefficient (Wildman–Crippen LogP) is 2.96. The molecule has 0 bridgehead atoms. The van der Waals surface area contributed by atoms with Crippen LogP contribution in [-0.2, 0) is 21.5 Å². The summed E-state index contributed by atoms with van der Waals surface area (Å²) in [7, 11) is -3.70. The van der Waals surface area contributed by atoms with Crippen molar-refractivity contribution in [3.8, 4) is 0 Å². The summed E-state index contributed by atoms with van der Waals surface area (Å²) in [5, 5.41) is 3.29. The molecule has 8 heteroatoms. The van der Waals surface area contributed by atoms with Gasteiger partial charge in [0.1, 0.15) is 0 Å². The Morgan fingerprint density at radius 2 is 1.78 bits per heavy atom. The highest BCUT2D eigenvalue weighted by molar-refractivity contribution is 7.87. The Labute approximate surface area is 164 Å². The zero-order chi connectivity index (χ0) is 19.6. The van der Waals surface area contributed by atoms with Gasteiger partial charge in [-0.2, -0.15) is 17.0 Å². The Morgan fingerprint density at radius 1 is 1.07 bits per heavy atom. The normalized spacial score (nSPS) is 17.1. The Morgan fingerprint density at radius 3 is 2.48 bits per heavy atom. The van der Waals surface area contributed by atoms with Crippen LogP contribution >= 0.6 is 11.6 Å². The van der Waals surface area contributed by atoms with Crippen molar-refractivity contribution in [3.63, 3.8) is 0 Å². The maximum atomic E-state index is 12.7. The summed E-state index contributed by atoms with van der Waals surface area (Å²) >= 11 is 6.13. The first-order chi connectivity index (χ1) is 12.8. The highest BCUT2D eigenvalue weighted by Gasteiger charge is 2.37. The van der Waals surface area contributed by atoms with E-state index in [9.17, 15) is 13.2 Å². The van der Waals surface area contributed by atoms with Gasteiger partial charge in [0.05, 0.1) is 6.54 Å². The molecule has 27 heavy (non-hydrogen) atoms. The average molecular weight is 408 g/mol. The highest BCUT2D eigenvalue weighted by Crippen LogP contribution is 2.23. The zero-order valence-corrected chi connectivity index (χ0v) is 16.8. The van der Waals surface area contributed by atoms with Crippen molar-refractivity contribution in [2.24, 2.45) is 0 Å². The fourth-order valence-corrected chi connectivity index (χ4v) is 4.66. The number of anilines is 1. The number of aryl methyl sites for hydroxylation is 2. The second-order valence-electron chi connectivity index (χ2n) is 6.61. The lowest BCUT2D eigenvalue weighted by Crippen LogP contribution is -2.37. The molecule has 1 aliphatic heterocycles. The van der Waals surface area contributed by atoms with Crippen molar-refractivity contribution in [2.45, 2.75) is 20.4 Å². The van der Waals surface area contributed by atoms with Crippen LogP contribution in [0.5, 0.6) is 0 Å². The molecular weight excluding hydrogens is 386 g/mol. The molecule has 1 saturated heterocycles. The molecule has 1 N–H and O–H groups in total. The third kappa shape index (κ3) is 4.50. The van der Waals surface area contributed by atoms with E-state index < -0.39 is 10.2 Å². The van der Waals surface area contributed by atoms with Crippen LogP contribution in [-0.4, -0.2) is 42.6 Å². The molecule has 0 saturated carbocycles. The van der Waals surface area contributed by atoms with E-state index in [1.165, 1.54) is 8.61 Å². The highest BCUT2D eigenvalue weighted by atomic mass is 35.5. The van der Waals surface area contributed by atoms with Crippen LogP contribution in [0.1, 0.15) is 16.7 Å². The number of rotatable bonds is 5. The lowest BCUT2D eigenvalue weighted by Gasteiger charge is -2.19. The summed E-state index contributed by atoms with van der Waals surface area (Å²) in [6.07, 6.45) is 0. The van der Waals surface area contributed by atoms with Crippen LogP contribution < -0.4 is 5.32 Å². The van der Waals surface area contributed by atoms with Crippen LogP contribution in [0.25, 0.3) is 0 Å². The summed E-state index contributed by atoms with van der Waals surface area (Å²) in [6.45, 7) is 4.52. The summed E-state index contributed by atoms with van der Waals surface area (Å²) in [6, 6.07) is 12.7. The molecular formula is C19H22ClN3O3S. The molecule has 2 aromatic rings. The van der Waals surface area contributed by atoms with Gasteiger partial charge in [0, 0.05) is 30.3 Å². The van der Waals surface area contributed by atoms with Gasteiger partial charge in [0.15, 0.2) is 0 Å². The molecule has 3 rings (SSSR count). The Bertz CT molecular complexity index is 962. The minimum absolute atomic E-state index is 0.192. The fourth-order valence-electron chi connectivity index (χ4n) is 2.93. The maximum Gasteiger partial charge on any atom is 0.282 e. The molecule has 0 aromatic heterocycles. The van der Waals surface area contributed by atoms with Gasteiger partial charge in [0.25, 0.3) is 10.2 Å². The third-order valence-electron chi connectivity index (χ3n) is 4.67. The van der Waals surface area contributed by atoms with Crippen LogP contribution in [0.3, 0.4) is 0 Å². The molecule has 0 radical (unpaired) electrons. The van der Waals surface area contributed by atoms with Crippen molar-refractivity contribution < 1.29 is 13.2 Å². The molecule has 0 unspecified atom stereocenters. The molecule has 1 heterocycles. The van der Waals surface area contributed by atoms with Crippen LogP contribution in [0.4, 0.5) is 5.69 Å². The Balaban J connectivity index is 1.65. The first kappa shape index (κ1) is 19.8. The maximum absolute atomic E-state index is 12.7. The first-order valence-corrected chi connectivity index (χ1v) is 10.4. The van der Waals surface area contributed by atoms with Crippen LogP contribution in [0.2, 0.25) is 5.02 Å². The minimum atomic E-state index is -3.70. The summed E-state index contributed by atoms with van der Waals surface area (Å²) in [5.74, 6) is -0.360. The van der Waals surface area contributed by atoms with Gasteiger partial charge in [-0.1, -0.05) is 35.9 Å². The van der Waals surface area contributed by atoms with Crippen molar-refractivity contribution in [1.82, 2.24) is 8.61 Å². The van der Waals surface area contributed by atoms with Crippen LogP contribution in [0, 0.1) is 13.8 Å². The Hall–Kier alpha value is -1.93. The monoisotopic (exact) mass is 407 g/mol. The van der Waals surface area contributed by atoms with Crippen molar-refractivity contribution in [3.05, 3.63) is 64.2 Å². The van der Waals surface area contributed by atoms with Gasteiger partial charge in [-0.15, -0.1) is 0 Å². The van der Waals surface area contributed by atoms with Crippen molar-refractivity contribution >= 4 is 33.4 Å². The summed E-state index contributed by atoms with van der Waals surface area (Å²) in [5.41, 5.74) is 3.59. The topological polar surface area (TPSA) is 69.7 Å². The van der Waals surface area contributed by atoms with E-state index in [4.69, 9.17) is 11.6 Å². The molecule has 1 aliphatic rings. The second kappa shape index (κ2) is 7.98. The molecule has 1 fully saturated rings. The van der Waals surface area contributed by atoms with Gasteiger partial charge in [-0.3, -0.25) is 4.79 Å². The van der Waals surface area contributed by atoms with Crippen molar-refractivity contribution in [2.75, 3.05) is 25.0 Å². The lowest BCUT2D eigenvalue weighted by atomic mass is 10.1. The number of hydrogen-bond acceptors (Lipinski definition) is 3. The van der Waals surface area contributed by atoms with Gasteiger partial charge in [0.2, 0.25) is 5.91 Å². The molecule has 2 aromatic carbocycles. The smallest absolute Gasteiger partial charge is 0.282 e. The molecule has 6 nitrogen and oxygen atoms in total. The molecule has 1 amide bonds. The predicted molar refractivity (Wildman–Crippen MR) is 107 cm³/mol. The molecule has 0 atom stereocenters. The molecule has 144 valence electrons. The number of amides is 1. The number of benzene rings is 2. The molecule has 0 aliphatic carbocycles. The van der Waals surface area contributed by atoms with Crippen molar-refractivity contribution in [1.29, 1.82) is 0 Å². The van der Waals surface area contributed by atoms with Gasteiger partial charge < -0.3 is 5.32 Å². The van der Waals surface area contributed by atoms with E-state index in [1.807, 2.05) is 38.1 Å². The number of nitrogens with one attached hydrogen (secondary N) is 1. The van der Waals surface area contributed by atoms with Gasteiger partial charge in [-0.05, 0) is 48.7 Å². The summed E-state index contributed by atoms with van der Waals surface area (Å²) < 4.78 is 28.0. The van der Waals surface area contributed by atoms with Gasteiger partial charge in [-0.25, -0.2) is 0 Å². The fraction of sp³-hybridized carbons (Fsp3) is 0.316. The standard InChI is InChI=1S/C19H22ClN3O3S/c1-14-7-8-17(11-15(14)2)21-19(24)13-23-10-9-22(27(23,25)26)12-16-5-3-4-6-18(16)20/h3-8,11H,9-10,12-13H2,1-2H3,(H,21,24). The second-order valence-corrected chi connectivity index (χ2v) is 8.95. The Kier molecular flexibility index (Phi) is 5.86. The number of carbonyl (C=O) groups excluding carboxylic acids is 1. The van der Waals surface area contributed by atoms with E-state index in [1.54, 1.807) is 18.2 Å². The first-order valence-electron chi connectivity index (χ1n) is 8.63. The lowest BCUT2D eigenvalue weighted by molar-refractivity contribution is -0.116. The summed E-state index contributed by atoms with van der Waals surface area (Å²) in [4.78, 5) is 12.3. The number of carbonyl (C=O) groups is 1. The van der Waals surface area contributed by atoms with Crippen LogP contribution in [0.15, 0.2) is 42.5 Å². The van der Waals surface area contributed by atoms with E-state index in [-0.39, 0.29) is 25.5 Å². The third-order valence-corrected chi connectivity index (χ3v) is 6.96. The quantitative estimate of drug-likeness (QED) is 0.828. The minimum Gasteiger partial charge on any atom is -0.325 e. The number of hydrogen-bond donors (Lipinski definition) is 1. The molecule has 0 spiro atoms. The number of nitrogens with zero attached hydrogens (tertiary/aromatic N) is 2. The van der Waals surface area contributed by atoms with Gasteiger partial charge >= 0.3 is 0 Å². The average Bonchev–Trinajstić information content (AvgIpc) is 2.87. The SMILES string of the molecule is Cc1ccc(NC(=O)CN2CCN(Cc3ccccc3Cl)S2(=O)=O)cc1C. The largest absolute Gasteiger partial charge is 0.325 e. The van der Waals surface area contributed by atoms with E-state index in [2.05, 4.69) is 5.32 Å². The zero-order valence-electron chi connectivity index (χ0n) is 15.3. The van der Waals surface area contributed by atoms with E-state index in [0.717, 1.165) is 16.7 Å². The number of halogens is 1. The van der Waals surface area contributed by atoms with E-state index in [0.29, 0.717) is 17.3 Å².